The van der Waals surface area contributed by atoms with Crippen LogP contribution in [0.15, 0.2) is 42.5 Å². The molecule has 0 atom stereocenters. The summed E-state index contributed by atoms with van der Waals surface area (Å²) in [6.07, 6.45) is 0. The minimum absolute atomic E-state index is 0.0220. The molecule has 2 aromatic carbocycles. The quantitative estimate of drug-likeness (QED) is 0.832. The van der Waals surface area contributed by atoms with Crippen molar-refractivity contribution in [3.05, 3.63) is 70.0 Å². The first kappa shape index (κ1) is 17.4. The second kappa shape index (κ2) is 7.08. The van der Waals surface area contributed by atoms with Crippen LogP contribution in [0.4, 0.5) is 4.39 Å². The van der Waals surface area contributed by atoms with Gasteiger partial charge in [-0.1, -0.05) is 23.7 Å². The minimum atomic E-state index is -3.76. The highest BCUT2D eigenvalue weighted by Gasteiger charge is 2.15. The van der Waals surface area contributed by atoms with E-state index in [0.717, 1.165) is 6.07 Å². The third-order valence-corrected chi connectivity index (χ3v) is 4.56. The molecule has 8 heteroatoms. The number of carboxylic acids is 1. The SMILES string of the molecule is O=C(O)c1ccc(CNS(=O)(=O)Cc2cc(Cl)ccc2F)cc1. The summed E-state index contributed by atoms with van der Waals surface area (Å²) in [5, 5.41) is 9.04. The average Bonchev–Trinajstić information content (AvgIpc) is 2.49. The van der Waals surface area contributed by atoms with Crippen molar-refractivity contribution in [2.45, 2.75) is 12.3 Å². The second-order valence-corrected chi connectivity index (χ2v) is 7.06. The Kier molecular flexibility index (Phi) is 5.35. The van der Waals surface area contributed by atoms with Gasteiger partial charge in [0.1, 0.15) is 5.82 Å². The van der Waals surface area contributed by atoms with Crippen LogP contribution in [-0.2, 0) is 22.3 Å². The molecule has 122 valence electrons. The van der Waals surface area contributed by atoms with Crippen LogP contribution in [0.2, 0.25) is 5.02 Å². The molecule has 0 aromatic heterocycles. The summed E-state index contributed by atoms with van der Waals surface area (Å²) in [5.74, 6) is -2.24. The Morgan fingerprint density at radius 3 is 2.43 bits per heavy atom. The molecular weight excluding hydrogens is 345 g/mol. The first-order valence-corrected chi connectivity index (χ1v) is 8.53. The van der Waals surface area contributed by atoms with Crippen molar-refractivity contribution in [3.8, 4) is 0 Å². The second-order valence-electron chi connectivity index (χ2n) is 4.82. The maximum absolute atomic E-state index is 13.6. The van der Waals surface area contributed by atoms with Crippen LogP contribution in [0.5, 0.6) is 0 Å². The van der Waals surface area contributed by atoms with Crippen molar-refractivity contribution in [3.63, 3.8) is 0 Å². The minimum Gasteiger partial charge on any atom is -0.478 e. The lowest BCUT2D eigenvalue weighted by molar-refractivity contribution is 0.0697. The van der Waals surface area contributed by atoms with Gasteiger partial charge in [0.05, 0.1) is 11.3 Å². The molecule has 0 heterocycles. The van der Waals surface area contributed by atoms with Crippen LogP contribution in [-0.4, -0.2) is 19.5 Å². The number of nitrogens with one attached hydrogen (secondary N) is 1. The van der Waals surface area contributed by atoms with Gasteiger partial charge in [-0.3, -0.25) is 0 Å². The Labute approximate surface area is 137 Å². The molecule has 23 heavy (non-hydrogen) atoms. The van der Waals surface area contributed by atoms with Gasteiger partial charge in [0.15, 0.2) is 0 Å². The predicted octanol–water partition coefficient (Wildman–Crippen LogP) is 2.80. The Morgan fingerprint density at radius 1 is 1.17 bits per heavy atom. The van der Waals surface area contributed by atoms with E-state index in [2.05, 4.69) is 4.72 Å². The summed E-state index contributed by atoms with van der Waals surface area (Å²) < 4.78 is 39.9. The molecular formula is C15H13ClFNO4S. The maximum atomic E-state index is 13.6. The molecule has 0 aliphatic rings. The van der Waals surface area contributed by atoms with Gasteiger partial charge < -0.3 is 5.11 Å². The fourth-order valence-electron chi connectivity index (χ4n) is 1.87. The number of hydrogen-bond donors (Lipinski definition) is 2. The summed E-state index contributed by atoms with van der Waals surface area (Å²) in [7, 11) is -3.76. The van der Waals surface area contributed by atoms with Crippen molar-refractivity contribution in [2.24, 2.45) is 0 Å². The first-order valence-electron chi connectivity index (χ1n) is 6.50. The summed E-state index contributed by atoms with van der Waals surface area (Å²) in [6.45, 7) is -0.0234. The molecule has 0 fully saturated rings. The van der Waals surface area contributed by atoms with Gasteiger partial charge in [-0.25, -0.2) is 22.3 Å². The zero-order valence-electron chi connectivity index (χ0n) is 11.8. The largest absolute Gasteiger partial charge is 0.478 e. The molecule has 2 rings (SSSR count). The number of hydrogen-bond acceptors (Lipinski definition) is 3. The van der Waals surface area contributed by atoms with E-state index in [1.807, 2.05) is 0 Å². The van der Waals surface area contributed by atoms with E-state index in [9.17, 15) is 17.6 Å². The van der Waals surface area contributed by atoms with Gasteiger partial charge >= 0.3 is 5.97 Å². The van der Waals surface area contributed by atoms with E-state index in [1.165, 1.54) is 36.4 Å². The molecule has 0 amide bonds. The van der Waals surface area contributed by atoms with Crippen LogP contribution < -0.4 is 4.72 Å². The monoisotopic (exact) mass is 357 g/mol. The predicted molar refractivity (Wildman–Crippen MR) is 84.3 cm³/mol. The van der Waals surface area contributed by atoms with Crippen LogP contribution >= 0.6 is 11.6 Å². The smallest absolute Gasteiger partial charge is 0.335 e. The van der Waals surface area contributed by atoms with Gasteiger partial charge in [-0.15, -0.1) is 0 Å². The molecule has 0 radical (unpaired) electrons. The maximum Gasteiger partial charge on any atom is 0.335 e. The summed E-state index contributed by atoms with van der Waals surface area (Å²) in [5.41, 5.74) is 0.675. The number of halogens is 2. The highest BCUT2D eigenvalue weighted by atomic mass is 35.5. The lowest BCUT2D eigenvalue weighted by atomic mass is 10.1. The molecule has 5 nitrogen and oxygen atoms in total. The fraction of sp³-hybridized carbons (Fsp3) is 0.133. The third kappa shape index (κ3) is 5.02. The van der Waals surface area contributed by atoms with Crippen molar-refractivity contribution >= 4 is 27.6 Å². The summed E-state index contributed by atoms with van der Waals surface area (Å²) in [6, 6.07) is 9.48. The van der Waals surface area contributed by atoms with Gasteiger partial charge in [-0.2, -0.15) is 0 Å². The Bertz CT molecular complexity index is 822. The number of carbonyl (C=O) groups is 1. The Balaban J connectivity index is 2.04. The first-order chi connectivity index (χ1) is 10.8. The van der Waals surface area contributed by atoms with Crippen LogP contribution in [0, 0.1) is 5.82 Å². The molecule has 0 unspecified atom stereocenters. The Hall–Kier alpha value is -1.96. The van der Waals surface area contributed by atoms with Gasteiger partial charge in [0, 0.05) is 17.1 Å². The van der Waals surface area contributed by atoms with Crippen LogP contribution in [0.25, 0.3) is 0 Å². The van der Waals surface area contributed by atoms with Crippen LogP contribution in [0.3, 0.4) is 0 Å². The highest BCUT2D eigenvalue weighted by molar-refractivity contribution is 7.88. The van der Waals surface area contributed by atoms with E-state index >= 15 is 0 Å². The van der Waals surface area contributed by atoms with Crippen molar-refractivity contribution in [1.29, 1.82) is 0 Å². The topological polar surface area (TPSA) is 83.5 Å². The zero-order valence-corrected chi connectivity index (χ0v) is 13.4. The fourth-order valence-corrected chi connectivity index (χ4v) is 3.18. The lowest BCUT2D eigenvalue weighted by Crippen LogP contribution is -2.25. The van der Waals surface area contributed by atoms with Gasteiger partial charge in [0.25, 0.3) is 0 Å². The highest BCUT2D eigenvalue weighted by Crippen LogP contribution is 2.17. The number of aromatic carboxylic acids is 1. The van der Waals surface area contributed by atoms with Crippen molar-refractivity contribution < 1.29 is 22.7 Å². The third-order valence-electron chi connectivity index (χ3n) is 3.05. The summed E-state index contributed by atoms with van der Waals surface area (Å²) in [4.78, 5) is 10.7. The molecule has 0 spiro atoms. The number of sulfonamides is 1. The molecule has 2 aromatic rings. The molecule has 0 saturated heterocycles. The Morgan fingerprint density at radius 2 is 1.83 bits per heavy atom. The van der Waals surface area contributed by atoms with E-state index in [0.29, 0.717) is 5.56 Å². The van der Waals surface area contributed by atoms with E-state index in [-0.39, 0.29) is 22.7 Å². The summed E-state index contributed by atoms with van der Waals surface area (Å²) >= 11 is 5.73. The number of carboxylic acid groups (broad SMARTS) is 1. The average molecular weight is 358 g/mol. The number of rotatable bonds is 6. The molecule has 0 bridgehead atoms. The lowest BCUT2D eigenvalue weighted by Gasteiger charge is -2.08. The van der Waals surface area contributed by atoms with E-state index in [4.69, 9.17) is 16.7 Å². The molecule has 0 saturated carbocycles. The van der Waals surface area contributed by atoms with Crippen LogP contribution in [0.1, 0.15) is 21.5 Å². The normalized spacial score (nSPS) is 11.4. The molecule has 0 aliphatic carbocycles. The molecule has 0 aliphatic heterocycles. The van der Waals surface area contributed by atoms with E-state index in [1.54, 1.807) is 0 Å². The van der Waals surface area contributed by atoms with Gasteiger partial charge in [0.2, 0.25) is 10.0 Å². The molecule has 2 N–H and O–H groups in total. The van der Waals surface area contributed by atoms with Crippen molar-refractivity contribution in [1.82, 2.24) is 4.72 Å². The van der Waals surface area contributed by atoms with Crippen molar-refractivity contribution in [2.75, 3.05) is 0 Å². The standard InChI is InChI=1S/C15H13ClFNO4S/c16-13-5-6-14(17)12(7-13)9-23(21,22)18-8-10-1-3-11(4-2-10)15(19)20/h1-7,18H,8-9H2,(H,19,20). The zero-order chi connectivity index (χ0) is 17.0. The number of benzene rings is 2. The van der Waals surface area contributed by atoms with E-state index < -0.39 is 27.6 Å². The van der Waals surface area contributed by atoms with Gasteiger partial charge in [-0.05, 0) is 35.9 Å².